The molecule has 0 spiro atoms. The van der Waals surface area contributed by atoms with Crippen LogP contribution in [0.1, 0.15) is 77.0 Å². The molecule has 4 heterocycles. The molecule has 0 radical (unpaired) electrons. The quantitative estimate of drug-likeness (QED) is 0.127. The normalized spacial score (nSPS) is 12.8. The Morgan fingerprint density at radius 1 is 0.290 bits per heavy atom. The van der Waals surface area contributed by atoms with Gasteiger partial charge in [0.25, 0.3) is 6.71 Å². The van der Waals surface area contributed by atoms with Gasteiger partial charge in [0.15, 0.2) is 0 Å². The molecule has 0 saturated carbocycles. The van der Waals surface area contributed by atoms with Gasteiger partial charge in [-0.15, -0.1) is 0 Å². The van der Waals surface area contributed by atoms with Crippen molar-refractivity contribution >= 4 is 101 Å². The van der Waals surface area contributed by atoms with Crippen molar-refractivity contribution in [3.05, 3.63) is 308 Å². The molecule has 5 heteroatoms. The average molecular weight is 1200 g/mol. The van der Waals surface area contributed by atoms with Crippen molar-refractivity contribution < 1.29 is 0 Å². The number of para-hydroxylation sites is 6. The first-order chi connectivity index (χ1) is 45.5. The number of nitrogens with zero attached hydrogens (tertiary/aromatic N) is 4. The van der Waals surface area contributed by atoms with Crippen LogP contribution < -0.4 is 26.2 Å². The van der Waals surface area contributed by atoms with Crippen LogP contribution in [0.15, 0.2) is 291 Å². The maximum atomic E-state index is 2.73. The Morgan fingerprint density at radius 3 is 1.00 bits per heavy atom. The average Bonchev–Trinajstić information content (AvgIpc) is 0.903. The van der Waals surface area contributed by atoms with Crippen molar-refractivity contribution in [1.82, 2.24) is 9.13 Å². The number of hydrogen-bond acceptors (Lipinski definition) is 2. The van der Waals surface area contributed by atoms with Crippen molar-refractivity contribution in [3.8, 4) is 55.9 Å². The van der Waals surface area contributed by atoms with Gasteiger partial charge >= 0.3 is 0 Å². The second-order valence-electron chi connectivity index (χ2n) is 27.1. The minimum atomic E-state index is -0.274. The Kier molecular flexibility index (Phi) is 13.2. The third-order valence-corrected chi connectivity index (χ3v) is 19.9. The molecule has 93 heavy (non-hydrogen) atoms. The summed E-state index contributed by atoms with van der Waals surface area (Å²) >= 11 is 0. The summed E-state index contributed by atoms with van der Waals surface area (Å²) in [6, 6.07) is 110. The highest BCUT2D eigenvalue weighted by molar-refractivity contribution is 7.00. The van der Waals surface area contributed by atoms with Gasteiger partial charge in [-0.3, -0.25) is 0 Å². The minimum absolute atomic E-state index is 0.0831. The summed E-state index contributed by atoms with van der Waals surface area (Å²) < 4.78 is 5.13. The Hall–Kier alpha value is -10.9. The fourth-order valence-electron chi connectivity index (χ4n) is 15.8. The lowest BCUT2D eigenvalue weighted by Crippen LogP contribution is -2.62. The summed E-state index contributed by atoms with van der Waals surface area (Å²) in [5.74, 6) is 0.166. The molecule has 2 aliphatic heterocycles. The third kappa shape index (κ3) is 8.88. The zero-order valence-electron chi connectivity index (χ0n) is 53.7. The number of aromatic nitrogens is 2. The van der Waals surface area contributed by atoms with Gasteiger partial charge in [0.2, 0.25) is 0 Å². The minimum Gasteiger partial charge on any atom is -0.310 e. The topological polar surface area (TPSA) is 16.3 Å². The molecule has 0 amide bonds. The molecule has 17 rings (SSSR count). The fourth-order valence-corrected chi connectivity index (χ4v) is 15.8. The predicted molar refractivity (Wildman–Crippen MR) is 398 cm³/mol. The highest BCUT2D eigenvalue weighted by Gasteiger charge is 2.48. The molecule has 2 aromatic heterocycles. The second kappa shape index (κ2) is 21.9. The molecule has 0 atom stereocenters. The van der Waals surface area contributed by atoms with E-state index in [0.717, 1.165) is 11.4 Å². The molecule has 0 unspecified atom stereocenters. The van der Waals surface area contributed by atoms with Crippen LogP contribution in [-0.2, 0) is 5.41 Å². The van der Waals surface area contributed by atoms with Gasteiger partial charge in [-0.2, -0.15) is 0 Å². The number of hydrogen-bond donors (Lipinski definition) is 0. The zero-order valence-corrected chi connectivity index (χ0v) is 53.7. The Bertz CT molecular complexity index is 5030. The van der Waals surface area contributed by atoms with Gasteiger partial charge in [0.05, 0.1) is 44.8 Å². The van der Waals surface area contributed by atoms with Gasteiger partial charge < -0.3 is 18.9 Å². The van der Waals surface area contributed by atoms with E-state index in [9.17, 15) is 0 Å². The standard InChI is InChI=1S/C88H71BN4/c1-56(2)83-79(90-75-44-22-16-38-67(75)68-39-17-23-45-76(68)90)50-48-71-86(83)92(73-42-20-14-36-65(73)62-34-26-32-60(52-62)58-28-10-8-11-29-58)81-54-64(88(5,6)7)55-82-85(81)89(71)72-49-51-80(91-77-46-24-18-40-69(77)70-41-19-25-47-78(70)91)84(57(3)4)87(72)93(82)74-43-21-15-37-66(74)63-35-27-33-61(53-63)59-30-12-9-13-31-59/h8-57H,1-7H3. The van der Waals surface area contributed by atoms with Gasteiger partial charge in [-0.1, -0.05) is 267 Å². The van der Waals surface area contributed by atoms with Crippen LogP contribution in [0.4, 0.5) is 34.1 Å². The van der Waals surface area contributed by atoms with E-state index in [4.69, 9.17) is 0 Å². The molecule has 15 aromatic rings. The Morgan fingerprint density at radius 2 is 0.624 bits per heavy atom. The highest BCUT2D eigenvalue weighted by Crippen LogP contribution is 2.54. The SMILES string of the molecule is CC(C)c1c(-n2c3ccccc3c3ccccc32)ccc2c1N(c1ccccc1-c1cccc(-c3ccccc3)c1)c1cc(C(C)(C)C)cc3c1B2c1ccc(-n2c4ccccc4c4ccccc42)c(C(C)C)c1N3c1ccccc1-c1cccc(-c2ccccc2)c1. The lowest BCUT2D eigenvalue weighted by atomic mass is 9.33. The van der Waals surface area contributed by atoms with Crippen LogP contribution in [0.5, 0.6) is 0 Å². The van der Waals surface area contributed by atoms with Crippen LogP contribution >= 0.6 is 0 Å². The third-order valence-electron chi connectivity index (χ3n) is 19.9. The van der Waals surface area contributed by atoms with Crippen LogP contribution in [0, 0.1) is 0 Å². The second-order valence-corrected chi connectivity index (χ2v) is 27.1. The fraction of sp³-hybridized carbons (Fsp3) is 0.114. The summed E-state index contributed by atoms with van der Waals surface area (Å²) in [5.41, 5.74) is 31.2. The van der Waals surface area contributed by atoms with E-state index in [-0.39, 0.29) is 24.0 Å². The van der Waals surface area contributed by atoms with Crippen molar-refractivity contribution in [2.24, 2.45) is 0 Å². The largest absolute Gasteiger partial charge is 0.310 e. The Balaban J connectivity index is 1.03. The molecule has 0 fully saturated rings. The highest BCUT2D eigenvalue weighted by atomic mass is 15.2. The molecule has 0 N–H and O–H groups in total. The molecule has 446 valence electrons. The number of fused-ring (bicyclic) bond motifs is 10. The van der Waals surface area contributed by atoms with E-state index in [1.807, 2.05) is 0 Å². The van der Waals surface area contributed by atoms with E-state index in [0.29, 0.717) is 0 Å². The summed E-state index contributed by atoms with van der Waals surface area (Å²) in [6.07, 6.45) is 0. The molecule has 2 aliphatic rings. The lowest BCUT2D eigenvalue weighted by Gasteiger charge is -2.47. The van der Waals surface area contributed by atoms with Crippen LogP contribution in [0.2, 0.25) is 0 Å². The molecular weight excluding hydrogens is 1120 g/mol. The van der Waals surface area contributed by atoms with Crippen molar-refractivity contribution in [2.45, 2.75) is 65.7 Å². The molecular formula is C88H71BN4. The summed E-state index contributed by atoms with van der Waals surface area (Å²) in [5, 5.41) is 5.00. The van der Waals surface area contributed by atoms with E-state index < -0.39 is 0 Å². The van der Waals surface area contributed by atoms with Crippen LogP contribution in [0.3, 0.4) is 0 Å². The maximum Gasteiger partial charge on any atom is 0.252 e. The summed E-state index contributed by atoms with van der Waals surface area (Å²) in [6.45, 7) is 16.7. The van der Waals surface area contributed by atoms with Crippen LogP contribution in [0.25, 0.3) is 99.5 Å². The maximum absolute atomic E-state index is 2.73. The first kappa shape index (κ1) is 56.1. The number of rotatable bonds is 10. The molecule has 13 aromatic carbocycles. The lowest BCUT2D eigenvalue weighted by molar-refractivity contribution is 0.590. The van der Waals surface area contributed by atoms with Crippen molar-refractivity contribution in [1.29, 1.82) is 0 Å². The molecule has 4 nitrogen and oxygen atoms in total. The van der Waals surface area contributed by atoms with Crippen LogP contribution in [-0.4, -0.2) is 15.8 Å². The van der Waals surface area contributed by atoms with E-state index >= 15 is 0 Å². The molecule has 0 bridgehead atoms. The monoisotopic (exact) mass is 1190 g/mol. The first-order valence-electron chi connectivity index (χ1n) is 33.1. The van der Waals surface area contributed by atoms with Crippen molar-refractivity contribution in [3.63, 3.8) is 0 Å². The van der Waals surface area contributed by atoms with E-state index in [1.165, 1.54) is 155 Å². The van der Waals surface area contributed by atoms with Gasteiger partial charge in [-0.05, 0) is 145 Å². The van der Waals surface area contributed by atoms with Gasteiger partial charge in [-0.25, -0.2) is 0 Å². The molecule has 0 saturated heterocycles. The van der Waals surface area contributed by atoms with Gasteiger partial charge in [0, 0.05) is 66.5 Å². The predicted octanol–water partition coefficient (Wildman–Crippen LogP) is 22.2. The number of anilines is 6. The summed E-state index contributed by atoms with van der Waals surface area (Å²) in [4.78, 5) is 5.46. The Labute approximate surface area is 546 Å². The summed E-state index contributed by atoms with van der Waals surface area (Å²) in [7, 11) is 0. The van der Waals surface area contributed by atoms with Crippen molar-refractivity contribution in [2.75, 3.05) is 9.80 Å². The zero-order chi connectivity index (χ0) is 62.8. The first-order valence-corrected chi connectivity index (χ1v) is 33.1. The van der Waals surface area contributed by atoms with E-state index in [2.05, 4.69) is 359 Å². The smallest absolute Gasteiger partial charge is 0.252 e. The van der Waals surface area contributed by atoms with Gasteiger partial charge in [0.1, 0.15) is 0 Å². The van der Waals surface area contributed by atoms with E-state index in [1.54, 1.807) is 0 Å². The number of benzene rings is 13. The molecule has 0 aliphatic carbocycles.